The van der Waals surface area contributed by atoms with Crippen molar-refractivity contribution in [3.05, 3.63) is 99.7 Å². The number of carbonyl (C=O) groups is 1. The van der Waals surface area contributed by atoms with Gasteiger partial charge in [0.1, 0.15) is 0 Å². The molecular formula is C29H28ClF3N2O5S. The van der Waals surface area contributed by atoms with Crippen LogP contribution >= 0.6 is 11.6 Å². The number of nitrogens with zero attached hydrogens (tertiary/aromatic N) is 1. The molecular weight excluding hydrogens is 581 g/mol. The van der Waals surface area contributed by atoms with Gasteiger partial charge in [-0.2, -0.15) is 13.2 Å². The van der Waals surface area contributed by atoms with Crippen molar-refractivity contribution in [2.45, 2.75) is 37.0 Å². The van der Waals surface area contributed by atoms with E-state index in [1.807, 2.05) is 0 Å². The highest BCUT2D eigenvalue weighted by molar-refractivity contribution is 7.91. The van der Waals surface area contributed by atoms with Gasteiger partial charge in [-0.05, 0) is 59.7 Å². The quantitative estimate of drug-likeness (QED) is 0.229. The first kappa shape index (κ1) is 25.3. The molecule has 3 N–H and O–H groups in total. The molecule has 3 aromatic carbocycles. The topological polar surface area (TPSA) is 109 Å². The van der Waals surface area contributed by atoms with Gasteiger partial charge in [0.15, 0.2) is 9.84 Å². The van der Waals surface area contributed by atoms with Gasteiger partial charge in [0, 0.05) is 40.1 Å². The van der Waals surface area contributed by atoms with Gasteiger partial charge in [-0.25, -0.2) is 8.42 Å². The molecule has 1 amide bonds. The third-order valence-corrected chi connectivity index (χ3v) is 8.55. The number of aliphatic hydroxyl groups excluding tert-OH is 1. The van der Waals surface area contributed by atoms with E-state index in [1.54, 1.807) is 0 Å². The smallest absolute Gasteiger partial charge is 0.395 e. The minimum Gasteiger partial charge on any atom is -0.395 e. The molecule has 1 unspecified atom stereocenters. The first-order valence-corrected chi connectivity index (χ1v) is 14.3. The number of nitrogens with one attached hydrogen (secondary N) is 1. The summed E-state index contributed by atoms with van der Waals surface area (Å²) in [5.74, 6) is -0.792. The SMILES string of the molecule is [2H]C([2H])(O)C([2H])([2H])n1c(Cc2ccc(Cl)cc2C(F)(F)F)cc2cc(C(=O)NC(CO)c3ccc(S(=O)(=O)CC)cc3)ccc21. The van der Waals surface area contributed by atoms with E-state index in [1.165, 1.54) is 61.5 Å². The molecule has 0 fully saturated rings. The second-order valence-electron chi connectivity index (χ2n) is 9.13. The Hall–Kier alpha value is -3.38. The van der Waals surface area contributed by atoms with Crippen molar-refractivity contribution in [2.75, 3.05) is 18.9 Å². The Balaban J connectivity index is 1.74. The van der Waals surface area contributed by atoms with Gasteiger partial charge >= 0.3 is 6.18 Å². The zero-order valence-electron chi connectivity index (χ0n) is 25.5. The zero-order valence-corrected chi connectivity index (χ0v) is 23.1. The lowest BCUT2D eigenvalue weighted by Crippen LogP contribution is -2.30. The summed E-state index contributed by atoms with van der Waals surface area (Å²) < 4.78 is 98.5. The van der Waals surface area contributed by atoms with Gasteiger partial charge in [-0.1, -0.05) is 36.7 Å². The van der Waals surface area contributed by atoms with Crippen LogP contribution in [0.4, 0.5) is 13.2 Å². The van der Waals surface area contributed by atoms with Crippen LogP contribution in [0.5, 0.6) is 0 Å². The van der Waals surface area contributed by atoms with Crippen LogP contribution in [0, 0.1) is 0 Å². The lowest BCUT2D eigenvalue weighted by Gasteiger charge is -2.17. The number of amides is 1. The van der Waals surface area contributed by atoms with E-state index >= 15 is 0 Å². The van der Waals surface area contributed by atoms with Crippen LogP contribution in [0.1, 0.15) is 51.2 Å². The lowest BCUT2D eigenvalue weighted by atomic mass is 10.0. The van der Waals surface area contributed by atoms with Crippen molar-refractivity contribution in [3.8, 4) is 0 Å². The van der Waals surface area contributed by atoms with Crippen molar-refractivity contribution in [1.82, 2.24) is 9.88 Å². The first-order chi connectivity index (χ1) is 20.8. The fourth-order valence-corrected chi connectivity index (χ4v) is 5.49. The van der Waals surface area contributed by atoms with Crippen LogP contribution in [-0.2, 0) is 28.9 Å². The highest BCUT2D eigenvalue weighted by Gasteiger charge is 2.33. The van der Waals surface area contributed by atoms with Crippen LogP contribution in [0.15, 0.2) is 71.6 Å². The minimum atomic E-state index is -4.80. The summed E-state index contributed by atoms with van der Waals surface area (Å²) in [5.41, 5.74) is -1.07. The molecule has 0 bridgehead atoms. The first-order valence-electron chi connectivity index (χ1n) is 14.3. The van der Waals surface area contributed by atoms with E-state index in [9.17, 15) is 36.6 Å². The van der Waals surface area contributed by atoms with Crippen LogP contribution in [0.25, 0.3) is 10.9 Å². The third kappa shape index (κ3) is 6.75. The van der Waals surface area contributed by atoms with Crippen molar-refractivity contribution < 1.29 is 42.1 Å². The number of benzene rings is 3. The number of halogens is 4. The number of alkyl halides is 3. The molecule has 41 heavy (non-hydrogen) atoms. The molecule has 0 aliphatic rings. The number of fused-ring (bicyclic) bond motifs is 1. The summed E-state index contributed by atoms with van der Waals surface area (Å²) in [5, 5.41) is 22.6. The molecule has 0 aliphatic heterocycles. The third-order valence-electron chi connectivity index (χ3n) is 6.56. The molecule has 218 valence electrons. The van der Waals surface area contributed by atoms with E-state index in [-0.39, 0.29) is 43.4 Å². The maximum Gasteiger partial charge on any atom is 0.416 e. The maximum atomic E-state index is 13.8. The zero-order chi connectivity index (χ0) is 33.5. The number of hydrogen-bond donors (Lipinski definition) is 3. The summed E-state index contributed by atoms with van der Waals surface area (Å²) in [7, 11) is -3.47. The van der Waals surface area contributed by atoms with E-state index in [0.717, 1.165) is 16.7 Å². The predicted molar refractivity (Wildman–Crippen MR) is 150 cm³/mol. The molecule has 1 aromatic heterocycles. The van der Waals surface area contributed by atoms with Gasteiger partial charge in [0.2, 0.25) is 0 Å². The van der Waals surface area contributed by atoms with E-state index in [0.29, 0.717) is 5.56 Å². The van der Waals surface area contributed by atoms with Gasteiger partial charge in [0.05, 0.1) is 40.9 Å². The average molecular weight is 613 g/mol. The van der Waals surface area contributed by atoms with E-state index < -0.39 is 59.6 Å². The minimum absolute atomic E-state index is 0.0153. The molecule has 7 nitrogen and oxygen atoms in total. The molecule has 0 aliphatic carbocycles. The Kier molecular flexibility index (Phi) is 7.56. The van der Waals surface area contributed by atoms with Crippen LogP contribution in [0.3, 0.4) is 0 Å². The molecule has 0 saturated heterocycles. The summed E-state index contributed by atoms with van der Waals surface area (Å²) in [4.78, 5) is 13.3. The average Bonchev–Trinajstić information content (AvgIpc) is 3.33. The van der Waals surface area contributed by atoms with E-state index in [2.05, 4.69) is 5.32 Å². The second kappa shape index (κ2) is 12.2. The van der Waals surface area contributed by atoms with Gasteiger partial charge < -0.3 is 20.1 Å². The predicted octanol–water partition coefficient (Wildman–Crippen LogP) is 5.15. The van der Waals surface area contributed by atoms with Gasteiger partial charge in [-0.3, -0.25) is 4.79 Å². The number of carbonyl (C=O) groups excluding carboxylic acids is 1. The van der Waals surface area contributed by atoms with Crippen molar-refractivity contribution in [1.29, 1.82) is 0 Å². The highest BCUT2D eigenvalue weighted by Crippen LogP contribution is 2.35. The Morgan fingerprint density at radius 3 is 2.39 bits per heavy atom. The summed E-state index contributed by atoms with van der Waals surface area (Å²) in [6.07, 6.45) is -5.34. The Morgan fingerprint density at radius 1 is 1.07 bits per heavy atom. The number of aryl methyl sites for hydroxylation is 1. The number of sulfone groups is 1. The summed E-state index contributed by atoms with van der Waals surface area (Å²) in [6.45, 7) is -5.66. The van der Waals surface area contributed by atoms with Gasteiger partial charge in [0.25, 0.3) is 5.91 Å². The fraction of sp³-hybridized carbons (Fsp3) is 0.276. The van der Waals surface area contributed by atoms with Crippen molar-refractivity contribution >= 4 is 38.2 Å². The van der Waals surface area contributed by atoms with Crippen molar-refractivity contribution in [2.24, 2.45) is 0 Å². The normalized spacial score (nSPS) is 15.1. The molecule has 1 atom stereocenters. The summed E-state index contributed by atoms with van der Waals surface area (Å²) >= 11 is 5.79. The van der Waals surface area contributed by atoms with Crippen LogP contribution < -0.4 is 5.32 Å². The molecule has 0 spiro atoms. The fourth-order valence-electron chi connectivity index (χ4n) is 4.44. The highest BCUT2D eigenvalue weighted by atomic mass is 35.5. The number of hydrogen-bond acceptors (Lipinski definition) is 5. The molecule has 1 heterocycles. The number of aromatic nitrogens is 1. The second-order valence-corrected chi connectivity index (χ2v) is 11.8. The summed E-state index contributed by atoms with van der Waals surface area (Å²) in [6, 6.07) is 12.9. The lowest BCUT2D eigenvalue weighted by molar-refractivity contribution is -0.138. The molecule has 4 rings (SSSR count). The molecule has 0 saturated carbocycles. The number of rotatable bonds is 10. The van der Waals surface area contributed by atoms with Crippen LogP contribution in [-0.4, -0.2) is 48.0 Å². The van der Waals surface area contributed by atoms with E-state index in [4.69, 9.17) is 17.1 Å². The Bertz CT molecular complexity index is 1840. The largest absolute Gasteiger partial charge is 0.416 e. The Labute approximate surface area is 245 Å². The molecule has 0 radical (unpaired) electrons. The molecule has 4 aromatic rings. The standard InChI is InChI=1S/C29H28ClF3N2O5S/c1-2-41(39,40)24-8-4-18(5-9-24)26(17-37)34-28(38)20-6-10-27-21(13-20)15-23(35(27)11-12-36)14-19-3-7-22(30)16-25(19)29(31,32)33/h3-10,13,15-16,26,36-37H,2,11-12,14,17H2,1H3,(H,34,38)/i11D2,12D2. The Morgan fingerprint density at radius 2 is 1.78 bits per heavy atom. The van der Waals surface area contributed by atoms with Crippen LogP contribution in [0.2, 0.25) is 5.02 Å². The maximum absolute atomic E-state index is 13.8. The van der Waals surface area contributed by atoms with Gasteiger partial charge in [-0.15, -0.1) is 0 Å². The monoisotopic (exact) mass is 612 g/mol. The number of aliphatic hydroxyl groups is 2. The molecule has 12 heteroatoms. The van der Waals surface area contributed by atoms with Crippen molar-refractivity contribution in [3.63, 3.8) is 0 Å².